The predicted molar refractivity (Wildman–Crippen MR) is 79.9 cm³/mol. The number of rotatable bonds is 7. The maximum Gasteiger partial charge on any atom is 0.132 e. The van der Waals surface area contributed by atoms with E-state index < -0.39 is 0 Å². The zero-order valence-electron chi connectivity index (χ0n) is 11.5. The third-order valence-electron chi connectivity index (χ3n) is 2.80. The molecule has 0 radical (unpaired) electrons. The molecule has 0 spiro atoms. The second kappa shape index (κ2) is 7.94. The van der Waals surface area contributed by atoms with Gasteiger partial charge >= 0.3 is 0 Å². The molecule has 0 amide bonds. The number of aromatic nitrogens is 2. The molecule has 106 valence electrons. The van der Waals surface area contributed by atoms with Crippen LogP contribution in [0.4, 0.5) is 0 Å². The van der Waals surface area contributed by atoms with E-state index >= 15 is 0 Å². The summed E-state index contributed by atoms with van der Waals surface area (Å²) in [5.74, 6) is 0.804. The van der Waals surface area contributed by atoms with Gasteiger partial charge in [-0.05, 0) is 23.8 Å². The van der Waals surface area contributed by atoms with Gasteiger partial charge in [-0.15, -0.1) is 0 Å². The Morgan fingerprint density at radius 2 is 2.20 bits per heavy atom. The number of benzene rings is 1. The summed E-state index contributed by atoms with van der Waals surface area (Å²) in [6.07, 6.45) is 2.48. The van der Waals surface area contributed by atoms with Crippen molar-refractivity contribution < 1.29 is 4.74 Å². The topological polar surface area (TPSA) is 47.0 Å². The Labute approximate surface area is 124 Å². The van der Waals surface area contributed by atoms with Crippen molar-refractivity contribution >= 4 is 11.6 Å². The maximum absolute atomic E-state index is 5.98. The lowest BCUT2D eigenvalue weighted by Crippen LogP contribution is -2.19. The first-order chi connectivity index (χ1) is 9.78. The summed E-state index contributed by atoms with van der Waals surface area (Å²) < 4.78 is 4.99. The average Bonchev–Trinajstić information content (AvgIpc) is 2.44. The van der Waals surface area contributed by atoms with Crippen LogP contribution >= 0.6 is 11.6 Å². The van der Waals surface area contributed by atoms with E-state index in [1.165, 1.54) is 0 Å². The van der Waals surface area contributed by atoms with Gasteiger partial charge in [0.05, 0.1) is 12.3 Å². The van der Waals surface area contributed by atoms with Crippen LogP contribution in [0.15, 0.2) is 36.5 Å². The van der Waals surface area contributed by atoms with Gasteiger partial charge in [0.15, 0.2) is 0 Å². The molecule has 0 unspecified atom stereocenters. The number of ether oxygens (including phenoxy) is 1. The quantitative estimate of drug-likeness (QED) is 0.796. The second-order valence-corrected chi connectivity index (χ2v) is 4.88. The van der Waals surface area contributed by atoms with Crippen LogP contribution in [0.3, 0.4) is 0 Å². The summed E-state index contributed by atoms with van der Waals surface area (Å²) in [5.41, 5.74) is 2.09. The molecule has 0 saturated heterocycles. The van der Waals surface area contributed by atoms with E-state index in [0.717, 1.165) is 28.6 Å². The minimum absolute atomic E-state index is 0.687. The van der Waals surface area contributed by atoms with Crippen LogP contribution in [0.25, 0.3) is 0 Å². The average molecular weight is 292 g/mol. The van der Waals surface area contributed by atoms with Crippen molar-refractivity contribution in [2.45, 2.75) is 13.0 Å². The summed E-state index contributed by atoms with van der Waals surface area (Å²) in [4.78, 5) is 8.84. The summed E-state index contributed by atoms with van der Waals surface area (Å²) in [6.45, 7) is 2.22. The molecule has 20 heavy (non-hydrogen) atoms. The van der Waals surface area contributed by atoms with Crippen LogP contribution in [0.2, 0.25) is 5.02 Å². The number of halogens is 1. The van der Waals surface area contributed by atoms with Crippen LogP contribution in [0.5, 0.6) is 0 Å². The highest BCUT2D eigenvalue weighted by atomic mass is 35.5. The number of nitrogens with zero attached hydrogens (tertiary/aromatic N) is 2. The molecule has 0 aliphatic carbocycles. The molecule has 2 aromatic rings. The monoisotopic (exact) mass is 291 g/mol. The van der Waals surface area contributed by atoms with Gasteiger partial charge in [0.2, 0.25) is 0 Å². The Morgan fingerprint density at radius 3 is 3.00 bits per heavy atom. The largest absolute Gasteiger partial charge is 0.383 e. The SMILES string of the molecule is COCCNCc1ccnc(Cc2cccc(Cl)c2)n1. The highest BCUT2D eigenvalue weighted by Gasteiger charge is 2.02. The Balaban J connectivity index is 1.95. The van der Waals surface area contributed by atoms with Crippen molar-refractivity contribution in [3.63, 3.8) is 0 Å². The van der Waals surface area contributed by atoms with Crippen LogP contribution in [-0.4, -0.2) is 30.2 Å². The molecule has 1 aromatic carbocycles. The molecule has 2 rings (SSSR count). The van der Waals surface area contributed by atoms with Gasteiger partial charge < -0.3 is 10.1 Å². The number of methoxy groups -OCH3 is 1. The highest BCUT2D eigenvalue weighted by molar-refractivity contribution is 6.30. The van der Waals surface area contributed by atoms with Crippen molar-refractivity contribution in [3.05, 3.63) is 58.6 Å². The highest BCUT2D eigenvalue weighted by Crippen LogP contribution is 2.13. The fraction of sp³-hybridized carbons (Fsp3) is 0.333. The molecule has 1 N–H and O–H groups in total. The number of hydrogen-bond donors (Lipinski definition) is 1. The van der Waals surface area contributed by atoms with Crippen molar-refractivity contribution in [1.82, 2.24) is 15.3 Å². The fourth-order valence-electron chi connectivity index (χ4n) is 1.85. The molecular formula is C15H18ClN3O. The summed E-state index contributed by atoms with van der Waals surface area (Å²) >= 11 is 5.98. The second-order valence-electron chi connectivity index (χ2n) is 4.44. The normalized spacial score (nSPS) is 10.7. The Bertz CT molecular complexity index is 548. The smallest absolute Gasteiger partial charge is 0.132 e. The van der Waals surface area contributed by atoms with Gasteiger partial charge in [0.1, 0.15) is 5.82 Å². The molecule has 4 nitrogen and oxygen atoms in total. The predicted octanol–water partition coefficient (Wildman–Crippen LogP) is 2.46. The molecule has 0 bridgehead atoms. The van der Waals surface area contributed by atoms with Crippen LogP contribution in [0, 0.1) is 0 Å². The van der Waals surface area contributed by atoms with E-state index in [-0.39, 0.29) is 0 Å². The maximum atomic E-state index is 5.98. The van der Waals surface area contributed by atoms with Gasteiger partial charge in [-0.2, -0.15) is 0 Å². The first kappa shape index (κ1) is 14.9. The van der Waals surface area contributed by atoms with Gasteiger partial charge in [-0.25, -0.2) is 9.97 Å². The Hall–Kier alpha value is -1.49. The van der Waals surface area contributed by atoms with Crippen molar-refractivity contribution in [2.75, 3.05) is 20.3 Å². The van der Waals surface area contributed by atoms with Gasteiger partial charge in [0.25, 0.3) is 0 Å². The van der Waals surface area contributed by atoms with E-state index in [9.17, 15) is 0 Å². The van der Waals surface area contributed by atoms with Gasteiger partial charge in [-0.3, -0.25) is 0 Å². The van der Waals surface area contributed by atoms with E-state index in [1.54, 1.807) is 13.3 Å². The molecule has 0 fully saturated rings. The molecule has 1 heterocycles. The van der Waals surface area contributed by atoms with Gasteiger partial charge in [0, 0.05) is 37.8 Å². The lowest BCUT2D eigenvalue weighted by atomic mass is 10.1. The van der Waals surface area contributed by atoms with E-state index in [2.05, 4.69) is 15.3 Å². The molecule has 5 heteroatoms. The third-order valence-corrected chi connectivity index (χ3v) is 3.04. The molecular weight excluding hydrogens is 274 g/mol. The number of nitrogens with one attached hydrogen (secondary N) is 1. The zero-order chi connectivity index (χ0) is 14.2. The standard InChI is InChI=1S/C15H18ClN3O/c1-20-8-7-17-11-14-5-6-18-15(19-14)10-12-3-2-4-13(16)9-12/h2-6,9,17H,7-8,10-11H2,1H3. The van der Waals surface area contributed by atoms with Crippen LogP contribution in [0.1, 0.15) is 17.1 Å². The first-order valence-electron chi connectivity index (χ1n) is 6.53. The van der Waals surface area contributed by atoms with Crippen molar-refractivity contribution in [1.29, 1.82) is 0 Å². The molecule has 0 aliphatic rings. The van der Waals surface area contributed by atoms with Gasteiger partial charge in [-0.1, -0.05) is 23.7 Å². The third kappa shape index (κ3) is 4.89. The minimum Gasteiger partial charge on any atom is -0.383 e. The van der Waals surface area contributed by atoms with E-state index in [1.807, 2.05) is 30.3 Å². The molecule has 0 aliphatic heterocycles. The summed E-state index contributed by atoms with van der Waals surface area (Å²) in [5, 5.41) is 4.00. The summed E-state index contributed by atoms with van der Waals surface area (Å²) in [7, 11) is 1.69. The minimum atomic E-state index is 0.687. The van der Waals surface area contributed by atoms with Crippen LogP contribution < -0.4 is 5.32 Å². The number of hydrogen-bond acceptors (Lipinski definition) is 4. The van der Waals surface area contributed by atoms with Crippen molar-refractivity contribution in [2.24, 2.45) is 0 Å². The fourth-order valence-corrected chi connectivity index (χ4v) is 2.06. The lowest BCUT2D eigenvalue weighted by molar-refractivity contribution is 0.199. The summed E-state index contributed by atoms with van der Waals surface area (Å²) in [6, 6.07) is 9.68. The molecule has 1 aromatic heterocycles. The Kier molecular flexibility index (Phi) is 5.92. The zero-order valence-corrected chi connectivity index (χ0v) is 12.2. The first-order valence-corrected chi connectivity index (χ1v) is 6.90. The lowest BCUT2D eigenvalue weighted by Gasteiger charge is -2.06. The molecule has 0 atom stereocenters. The Morgan fingerprint density at radius 1 is 1.30 bits per heavy atom. The van der Waals surface area contributed by atoms with Crippen molar-refractivity contribution in [3.8, 4) is 0 Å². The van der Waals surface area contributed by atoms with Crippen LogP contribution in [-0.2, 0) is 17.7 Å². The molecule has 0 saturated carbocycles. The van der Waals surface area contributed by atoms with E-state index in [0.29, 0.717) is 19.6 Å². The van der Waals surface area contributed by atoms with E-state index in [4.69, 9.17) is 16.3 Å².